The first-order valence-corrected chi connectivity index (χ1v) is 10.2. The smallest absolute Gasteiger partial charge is 0.262 e. The molecule has 2 aromatic rings. The SMILES string of the molecule is C[C@@H](C(=O)Nc1cc2c(cc1Cl)OCCCO2)N1C(=O)c2cc(Cl)c(Cl)cc2C1=O. The number of imide groups is 1. The summed E-state index contributed by atoms with van der Waals surface area (Å²) < 4.78 is 11.2. The highest BCUT2D eigenvalue weighted by molar-refractivity contribution is 6.43. The molecule has 2 aliphatic heterocycles. The molecule has 0 spiro atoms. The average Bonchev–Trinajstić information content (AvgIpc) is 2.86. The summed E-state index contributed by atoms with van der Waals surface area (Å²) in [5.74, 6) is -0.914. The Hall–Kier alpha value is -2.48. The molecule has 30 heavy (non-hydrogen) atoms. The third-order valence-electron chi connectivity index (χ3n) is 4.82. The van der Waals surface area contributed by atoms with Gasteiger partial charge in [0.2, 0.25) is 5.91 Å². The average molecular weight is 470 g/mol. The van der Waals surface area contributed by atoms with Crippen LogP contribution in [0, 0.1) is 0 Å². The molecule has 0 radical (unpaired) electrons. The maximum atomic E-state index is 12.8. The maximum absolute atomic E-state index is 12.8. The van der Waals surface area contributed by atoms with Crippen molar-refractivity contribution in [2.75, 3.05) is 18.5 Å². The summed E-state index contributed by atoms with van der Waals surface area (Å²) in [7, 11) is 0. The zero-order chi connectivity index (χ0) is 21.6. The Kier molecular flexibility index (Phi) is 5.53. The molecule has 156 valence electrons. The first kappa shape index (κ1) is 20.8. The first-order chi connectivity index (χ1) is 14.3. The lowest BCUT2D eigenvalue weighted by atomic mass is 10.1. The van der Waals surface area contributed by atoms with E-state index in [9.17, 15) is 14.4 Å². The van der Waals surface area contributed by atoms with Crippen LogP contribution in [0.5, 0.6) is 11.5 Å². The van der Waals surface area contributed by atoms with Crippen LogP contribution < -0.4 is 14.8 Å². The van der Waals surface area contributed by atoms with Gasteiger partial charge in [0, 0.05) is 18.6 Å². The molecule has 0 bridgehead atoms. The summed E-state index contributed by atoms with van der Waals surface area (Å²) in [4.78, 5) is 39.1. The summed E-state index contributed by atoms with van der Waals surface area (Å²) in [5.41, 5.74) is 0.478. The number of rotatable bonds is 3. The number of carbonyl (C=O) groups is 3. The lowest BCUT2D eigenvalue weighted by Crippen LogP contribution is -2.45. The number of ether oxygens (including phenoxy) is 2. The fraction of sp³-hybridized carbons (Fsp3) is 0.250. The quantitative estimate of drug-likeness (QED) is 0.672. The number of hydrogen-bond acceptors (Lipinski definition) is 5. The number of nitrogens with zero attached hydrogens (tertiary/aromatic N) is 1. The number of carbonyl (C=O) groups excluding carboxylic acids is 3. The van der Waals surface area contributed by atoms with Gasteiger partial charge in [0.1, 0.15) is 6.04 Å². The molecule has 0 saturated heterocycles. The second-order valence-electron chi connectivity index (χ2n) is 6.79. The predicted molar refractivity (Wildman–Crippen MR) is 112 cm³/mol. The van der Waals surface area contributed by atoms with Crippen LogP contribution in [0.3, 0.4) is 0 Å². The molecule has 1 atom stereocenters. The zero-order valence-electron chi connectivity index (χ0n) is 15.6. The van der Waals surface area contributed by atoms with Crippen LogP contribution in [0.15, 0.2) is 24.3 Å². The zero-order valence-corrected chi connectivity index (χ0v) is 17.9. The fourth-order valence-corrected chi connectivity index (χ4v) is 3.77. The van der Waals surface area contributed by atoms with Crippen LogP contribution in [-0.2, 0) is 4.79 Å². The second-order valence-corrected chi connectivity index (χ2v) is 8.01. The molecule has 0 unspecified atom stereocenters. The molecular formula is C20H15Cl3N2O5. The van der Waals surface area contributed by atoms with E-state index < -0.39 is 23.8 Å². The summed E-state index contributed by atoms with van der Waals surface area (Å²) >= 11 is 18.2. The molecule has 0 aromatic heterocycles. The fourth-order valence-electron chi connectivity index (χ4n) is 3.24. The Labute approximate surface area is 186 Å². The third kappa shape index (κ3) is 3.57. The van der Waals surface area contributed by atoms with E-state index in [4.69, 9.17) is 44.3 Å². The van der Waals surface area contributed by atoms with Crippen molar-refractivity contribution < 1.29 is 23.9 Å². The van der Waals surface area contributed by atoms with Gasteiger partial charge in [0.25, 0.3) is 11.8 Å². The highest BCUT2D eigenvalue weighted by atomic mass is 35.5. The van der Waals surface area contributed by atoms with Crippen LogP contribution >= 0.6 is 34.8 Å². The van der Waals surface area contributed by atoms with Gasteiger partial charge in [-0.3, -0.25) is 19.3 Å². The predicted octanol–water partition coefficient (Wildman–Crippen LogP) is 4.43. The van der Waals surface area contributed by atoms with Crippen molar-refractivity contribution in [2.24, 2.45) is 0 Å². The van der Waals surface area contributed by atoms with Gasteiger partial charge < -0.3 is 14.8 Å². The Morgan fingerprint density at radius 2 is 1.47 bits per heavy atom. The van der Waals surface area contributed by atoms with Gasteiger partial charge in [0.15, 0.2) is 11.5 Å². The van der Waals surface area contributed by atoms with Crippen LogP contribution in [0.2, 0.25) is 15.1 Å². The highest BCUT2D eigenvalue weighted by Crippen LogP contribution is 2.38. The van der Waals surface area contributed by atoms with Crippen LogP contribution in [0.25, 0.3) is 0 Å². The number of benzene rings is 2. The minimum atomic E-state index is -1.11. The lowest BCUT2D eigenvalue weighted by molar-refractivity contribution is -0.119. The van der Waals surface area contributed by atoms with Crippen LogP contribution in [0.1, 0.15) is 34.1 Å². The monoisotopic (exact) mass is 468 g/mol. The number of amides is 3. The molecule has 2 heterocycles. The van der Waals surface area contributed by atoms with Crippen molar-refractivity contribution in [1.29, 1.82) is 0 Å². The lowest BCUT2D eigenvalue weighted by Gasteiger charge is -2.22. The minimum Gasteiger partial charge on any atom is -0.490 e. The molecule has 0 fully saturated rings. The number of fused-ring (bicyclic) bond motifs is 2. The molecule has 2 aliphatic rings. The third-order valence-corrected chi connectivity index (χ3v) is 5.86. The highest BCUT2D eigenvalue weighted by Gasteiger charge is 2.41. The van der Waals surface area contributed by atoms with Gasteiger partial charge in [0.05, 0.1) is 45.1 Å². The largest absolute Gasteiger partial charge is 0.490 e. The van der Waals surface area contributed by atoms with E-state index in [0.717, 1.165) is 11.3 Å². The maximum Gasteiger partial charge on any atom is 0.262 e. The topological polar surface area (TPSA) is 84.9 Å². The van der Waals surface area contributed by atoms with E-state index in [1.54, 1.807) is 12.1 Å². The van der Waals surface area contributed by atoms with Crippen LogP contribution in [0.4, 0.5) is 5.69 Å². The van der Waals surface area contributed by atoms with E-state index in [2.05, 4.69) is 5.32 Å². The van der Waals surface area contributed by atoms with Gasteiger partial charge in [-0.05, 0) is 19.1 Å². The van der Waals surface area contributed by atoms with E-state index in [-0.39, 0.29) is 31.9 Å². The summed E-state index contributed by atoms with van der Waals surface area (Å²) in [6.07, 6.45) is 0.721. The van der Waals surface area contributed by atoms with E-state index in [0.29, 0.717) is 24.7 Å². The molecule has 0 aliphatic carbocycles. The van der Waals surface area contributed by atoms with E-state index in [1.807, 2.05) is 0 Å². The number of nitrogens with one attached hydrogen (secondary N) is 1. The molecular weight excluding hydrogens is 455 g/mol. The van der Waals surface area contributed by atoms with Crippen molar-refractivity contribution in [2.45, 2.75) is 19.4 Å². The molecule has 7 nitrogen and oxygen atoms in total. The number of hydrogen-bond donors (Lipinski definition) is 1. The molecule has 4 rings (SSSR count). The van der Waals surface area contributed by atoms with Gasteiger partial charge in [-0.25, -0.2) is 0 Å². The Morgan fingerprint density at radius 1 is 0.933 bits per heavy atom. The van der Waals surface area contributed by atoms with Gasteiger partial charge in [-0.1, -0.05) is 34.8 Å². The molecule has 2 aromatic carbocycles. The van der Waals surface area contributed by atoms with E-state index in [1.165, 1.54) is 19.1 Å². The first-order valence-electron chi connectivity index (χ1n) is 9.05. The van der Waals surface area contributed by atoms with Crippen molar-refractivity contribution in [1.82, 2.24) is 4.90 Å². The number of halogens is 3. The molecule has 0 saturated carbocycles. The van der Waals surface area contributed by atoms with Gasteiger partial charge >= 0.3 is 0 Å². The van der Waals surface area contributed by atoms with Crippen molar-refractivity contribution in [3.8, 4) is 11.5 Å². The number of anilines is 1. The summed E-state index contributed by atoms with van der Waals surface area (Å²) in [6.45, 7) is 2.41. The van der Waals surface area contributed by atoms with Gasteiger partial charge in [-0.15, -0.1) is 0 Å². The summed E-state index contributed by atoms with van der Waals surface area (Å²) in [6, 6.07) is 4.64. The molecule has 3 amide bonds. The van der Waals surface area contributed by atoms with Crippen LogP contribution in [-0.4, -0.2) is 41.9 Å². The normalized spacial score (nSPS) is 16.2. The van der Waals surface area contributed by atoms with Crippen molar-refractivity contribution in [3.63, 3.8) is 0 Å². The van der Waals surface area contributed by atoms with E-state index >= 15 is 0 Å². The Bertz CT molecular complexity index is 1050. The van der Waals surface area contributed by atoms with Crippen molar-refractivity contribution >= 4 is 58.2 Å². The second kappa shape index (κ2) is 7.98. The standard InChI is InChI=1S/C20H15Cl3N2O5/c1-9(25-19(27)10-5-12(21)13(22)6-11(10)20(25)28)18(26)24-15-8-17-16(7-14(15)23)29-3-2-4-30-17/h5-9H,2-4H2,1H3,(H,24,26)/t9-/m0/s1. The van der Waals surface area contributed by atoms with Crippen molar-refractivity contribution in [3.05, 3.63) is 50.5 Å². The summed E-state index contributed by atoms with van der Waals surface area (Å²) in [5, 5.41) is 3.18. The van der Waals surface area contributed by atoms with Gasteiger partial charge in [-0.2, -0.15) is 0 Å². The molecule has 10 heteroatoms. The Morgan fingerprint density at radius 3 is 2.03 bits per heavy atom. The Balaban J connectivity index is 1.57. The molecule has 1 N–H and O–H groups in total. The minimum absolute atomic E-state index is 0.0997.